The van der Waals surface area contributed by atoms with Crippen LogP contribution in [0.25, 0.3) is 54.2 Å². The Hall–Kier alpha value is -6.12. The molecule has 0 amide bonds. The maximum absolute atomic E-state index is 2.31. The highest BCUT2D eigenvalue weighted by molar-refractivity contribution is 6.34. The summed E-state index contributed by atoms with van der Waals surface area (Å²) in [6.07, 6.45) is 0. The SMILES string of the molecule is CN(c1ccc(-c2ccc(N(c3ccccc3)c3ccccc3)cc2)cc1)c1ccc2c3cccc4cccc(c5cccc1c52)c43. The first-order chi connectivity index (χ1) is 23.2. The Bertz CT molecular complexity index is 2410. The van der Waals surface area contributed by atoms with Gasteiger partial charge in [0.15, 0.2) is 0 Å². The van der Waals surface area contributed by atoms with Crippen molar-refractivity contribution < 1.29 is 0 Å². The summed E-state index contributed by atoms with van der Waals surface area (Å²) >= 11 is 0. The summed E-state index contributed by atoms with van der Waals surface area (Å²) in [6.45, 7) is 0. The first-order valence-corrected chi connectivity index (χ1v) is 16.2. The van der Waals surface area contributed by atoms with Crippen molar-refractivity contribution in [1.29, 1.82) is 0 Å². The topological polar surface area (TPSA) is 6.48 Å². The van der Waals surface area contributed by atoms with Gasteiger partial charge in [-0.25, -0.2) is 0 Å². The second kappa shape index (κ2) is 11.0. The molecule has 0 aliphatic rings. The van der Waals surface area contributed by atoms with Gasteiger partial charge in [-0.1, -0.05) is 121 Å². The normalized spacial score (nSPS) is 11.5. The molecule has 0 aliphatic heterocycles. The number of anilines is 5. The minimum Gasteiger partial charge on any atom is -0.344 e. The van der Waals surface area contributed by atoms with Crippen LogP contribution in [0.2, 0.25) is 0 Å². The zero-order valence-electron chi connectivity index (χ0n) is 26.1. The molecular formula is C45H32N2. The molecule has 0 heterocycles. The van der Waals surface area contributed by atoms with E-state index < -0.39 is 0 Å². The van der Waals surface area contributed by atoms with E-state index in [0.29, 0.717) is 0 Å². The van der Waals surface area contributed by atoms with Gasteiger partial charge in [0.1, 0.15) is 0 Å². The highest BCUT2D eigenvalue weighted by Gasteiger charge is 2.17. The zero-order valence-corrected chi connectivity index (χ0v) is 26.1. The summed E-state index contributed by atoms with van der Waals surface area (Å²) in [6, 6.07) is 63.5. The van der Waals surface area contributed by atoms with Gasteiger partial charge in [0.25, 0.3) is 0 Å². The van der Waals surface area contributed by atoms with Gasteiger partial charge in [-0.2, -0.15) is 0 Å². The lowest BCUT2D eigenvalue weighted by atomic mass is 9.89. The molecule has 0 spiro atoms. The fourth-order valence-corrected chi connectivity index (χ4v) is 7.34. The average Bonchev–Trinajstić information content (AvgIpc) is 3.15. The molecule has 0 saturated heterocycles. The summed E-state index contributed by atoms with van der Waals surface area (Å²) in [5, 5.41) is 10.5. The second-order valence-electron chi connectivity index (χ2n) is 12.2. The molecule has 0 radical (unpaired) electrons. The molecule has 0 bridgehead atoms. The maximum Gasteiger partial charge on any atom is 0.0488 e. The van der Waals surface area contributed by atoms with Crippen LogP contribution in [0.15, 0.2) is 176 Å². The minimum atomic E-state index is 1.13. The predicted molar refractivity (Wildman–Crippen MR) is 202 cm³/mol. The molecule has 2 nitrogen and oxygen atoms in total. The van der Waals surface area contributed by atoms with Crippen LogP contribution in [0.1, 0.15) is 0 Å². The van der Waals surface area contributed by atoms with Crippen LogP contribution in [-0.4, -0.2) is 7.05 Å². The minimum absolute atomic E-state index is 1.13. The van der Waals surface area contributed by atoms with Crippen molar-refractivity contribution >= 4 is 71.5 Å². The van der Waals surface area contributed by atoms with Gasteiger partial charge in [-0.3, -0.25) is 0 Å². The summed E-state index contributed by atoms with van der Waals surface area (Å²) in [5.74, 6) is 0. The summed E-state index contributed by atoms with van der Waals surface area (Å²) in [4.78, 5) is 4.61. The van der Waals surface area contributed by atoms with Gasteiger partial charge in [0.2, 0.25) is 0 Å². The van der Waals surface area contributed by atoms with E-state index in [9.17, 15) is 0 Å². The summed E-state index contributed by atoms with van der Waals surface area (Å²) in [7, 11) is 2.17. The van der Waals surface area contributed by atoms with E-state index in [2.05, 4.69) is 193 Å². The van der Waals surface area contributed by atoms with Crippen molar-refractivity contribution in [1.82, 2.24) is 0 Å². The largest absolute Gasteiger partial charge is 0.344 e. The van der Waals surface area contributed by atoms with Crippen molar-refractivity contribution in [2.75, 3.05) is 16.8 Å². The van der Waals surface area contributed by atoms with E-state index in [4.69, 9.17) is 0 Å². The lowest BCUT2D eigenvalue weighted by molar-refractivity contribution is 1.22. The van der Waals surface area contributed by atoms with E-state index in [1.807, 2.05) is 0 Å². The van der Waals surface area contributed by atoms with E-state index >= 15 is 0 Å². The molecule has 2 heteroatoms. The molecule has 9 aromatic carbocycles. The Morgan fingerprint density at radius 1 is 0.319 bits per heavy atom. The third kappa shape index (κ3) is 4.49. The number of para-hydroxylation sites is 2. The number of rotatable bonds is 6. The standard InChI is InChI=1S/C45H32N2/c1-46(43-30-29-41-39-18-9-12-33-11-8-17-38(44(33)39)40-19-10-20-42(43)45(40)41)34-25-21-31(22-26-34)32-23-27-37(28-24-32)47(35-13-4-2-5-14-35)36-15-6-3-7-16-36/h2-30H,1H3. The van der Waals surface area contributed by atoms with Gasteiger partial charge in [0, 0.05) is 40.9 Å². The van der Waals surface area contributed by atoms with Crippen molar-refractivity contribution in [3.8, 4) is 11.1 Å². The van der Waals surface area contributed by atoms with Crippen molar-refractivity contribution in [3.63, 3.8) is 0 Å². The highest BCUT2D eigenvalue weighted by Crippen LogP contribution is 2.44. The molecule has 47 heavy (non-hydrogen) atoms. The van der Waals surface area contributed by atoms with Gasteiger partial charge in [-0.05, 0) is 103 Å². The van der Waals surface area contributed by atoms with E-state index in [1.54, 1.807) is 0 Å². The third-order valence-electron chi connectivity index (χ3n) is 9.61. The Labute approximate surface area is 274 Å². The van der Waals surface area contributed by atoms with E-state index in [1.165, 1.54) is 59.9 Å². The molecule has 9 rings (SSSR count). The van der Waals surface area contributed by atoms with Gasteiger partial charge < -0.3 is 9.80 Å². The van der Waals surface area contributed by atoms with Crippen LogP contribution in [0.4, 0.5) is 28.4 Å². The number of hydrogen-bond acceptors (Lipinski definition) is 2. The van der Waals surface area contributed by atoms with Gasteiger partial charge >= 0.3 is 0 Å². The van der Waals surface area contributed by atoms with E-state index in [0.717, 1.165) is 22.7 Å². The molecule has 0 saturated carbocycles. The van der Waals surface area contributed by atoms with Crippen LogP contribution in [0.5, 0.6) is 0 Å². The molecule has 0 N–H and O–H groups in total. The smallest absolute Gasteiger partial charge is 0.0488 e. The third-order valence-corrected chi connectivity index (χ3v) is 9.61. The predicted octanol–water partition coefficient (Wildman–Crippen LogP) is 12.6. The molecule has 0 unspecified atom stereocenters. The van der Waals surface area contributed by atoms with Crippen LogP contribution < -0.4 is 9.80 Å². The Morgan fingerprint density at radius 3 is 1.34 bits per heavy atom. The molecule has 0 atom stereocenters. The van der Waals surface area contributed by atoms with Crippen molar-refractivity contribution in [2.45, 2.75) is 0 Å². The monoisotopic (exact) mass is 600 g/mol. The van der Waals surface area contributed by atoms with Crippen LogP contribution in [0.3, 0.4) is 0 Å². The highest BCUT2D eigenvalue weighted by atomic mass is 15.1. The van der Waals surface area contributed by atoms with Crippen molar-refractivity contribution in [3.05, 3.63) is 176 Å². The average molecular weight is 601 g/mol. The molecule has 0 aromatic heterocycles. The fraction of sp³-hybridized carbons (Fsp3) is 0.0222. The number of fused-ring (bicyclic) bond motifs is 2. The maximum atomic E-state index is 2.31. The first-order valence-electron chi connectivity index (χ1n) is 16.2. The van der Waals surface area contributed by atoms with Crippen LogP contribution >= 0.6 is 0 Å². The van der Waals surface area contributed by atoms with E-state index in [-0.39, 0.29) is 0 Å². The van der Waals surface area contributed by atoms with Gasteiger partial charge in [-0.15, -0.1) is 0 Å². The molecular weight excluding hydrogens is 569 g/mol. The lowest BCUT2D eigenvalue weighted by Crippen LogP contribution is -2.10. The zero-order chi connectivity index (χ0) is 31.3. The Balaban J connectivity index is 1.06. The second-order valence-corrected chi connectivity index (χ2v) is 12.2. The van der Waals surface area contributed by atoms with Crippen molar-refractivity contribution in [2.24, 2.45) is 0 Å². The molecule has 0 aliphatic carbocycles. The number of hydrogen-bond donors (Lipinski definition) is 0. The number of benzene rings is 9. The quantitative estimate of drug-likeness (QED) is 0.138. The lowest BCUT2D eigenvalue weighted by Gasteiger charge is -2.25. The van der Waals surface area contributed by atoms with Crippen LogP contribution in [-0.2, 0) is 0 Å². The molecule has 0 fully saturated rings. The van der Waals surface area contributed by atoms with Crippen LogP contribution in [0, 0.1) is 0 Å². The Morgan fingerprint density at radius 2 is 0.766 bits per heavy atom. The molecule has 222 valence electrons. The molecule has 9 aromatic rings. The fourth-order valence-electron chi connectivity index (χ4n) is 7.34. The summed E-state index contributed by atoms with van der Waals surface area (Å²) in [5.41, 5.74) is 8.15. The number of nitrogens with zero attached hydrogens (tertiary/aromatic N) is 2. The first kappa shape index (κ1) is 27.2. The summed E-state index contributed by atoms with van der Waals surface area (Å²) < 4.78 is 0. The van der Waals surface area contributed by atoms with Gasteiger partial charge in [0.05, 0.1) is 0 Å². The Kier molecular flexibility index (Phi) is 6.39.